The van der Waals surface area contributed by atoms with Crippen molar-refractivity contribution < 1.29 is 9.90 Å². The number of thioether (sulfide) groups is 1. The van der Waals surface area contributed by atoms with E-state index in [1.165, 1.54) is 0 Å². The van der Waals surface area contributed by atoms with Crippen molar-refractivity contribution in [2.75, 3.05) is 30.0 Å². The molecule has 8 nitrogen and oxygen atoms in total. The number of aliphatic hydroxyl groups excluding tert-OH is 1. The zero-order valence-electron chi connectivity index (χ0n) is 18.5. The zero-order chi connectivity index (χ0) is 22.1. The third kappa shape index (κ3) is 7.50. The van der Waals surface area contributed by atoms with Gasteiger partial charge in [0.25, 0.3) is 0 Å². The van der Waals surface area contributed by atoms with E-state index in [9.17, 15) is 9.90 Å². The van der Waals surface area contributed by atoms with E-state index >= 15 is 0 Å². The minimum atomic E-state index is -0.485. The number of amides is 1. The molecule has 170 valence electrons. The maximum Gasteiger partial charge on any atom is 0.222 e. The predicted octanol–water partition coefficient (Wildman–Crippen LogP) is 2.20. The molecule has 0 saturated carbocycles. The average molecular weight is 447 g/mol. The number of aromatic nitrogens is 4. The van der Waals surface area contributed by atoms with Crippen LogP contribution >= 0.6 is 11.8 Å². The monoisotopic (exact) mass is 446 g/mol. The molecular formula is C22H34N6O2S. The van der Waals surface area contributed by atoms with Crippen LogP contribution in [-0.4, -0.2) is 67.8 Å². The van der Waals surface area contributed by atoms with Crippen molar-refractivity contribution in [2.45, 2.75) is 64.1 Å². The van der Waals surface area contributed by atoms with E-state index in [1.807, 2.05) is 30.0 Å². The highest BCUT2D eigenvalue weighted by Crippen LogP contribution is 2.26. The second kappa shape index (κ2) is 12.0. The topological polar surface area (TPSA) is 96.2 Å². The van der Waals surface area contributed by atoms with Crippen molar-refractivity contribution in [2.24, 2.45) is 0 Å². The quantitative estimate of drug-likeness (QED) is 0.546. The largest absolute Gasteiger partial charge is 0.391 e. The lowest BCUT2D eigenvalue weighted by Gasteiger charge is -2.36. The molecule has 2 aromatic heterocycles. The molecular weight excluding hydrogens is 412 g/mol. The van der Waals surface area contributed by atoms with E-state index in [4.69, 9.17) is 4.98 Å². The first kappa shape index (κ1) is 23.5. The highest BCUT2D eigenvalue weighted by molar-refractivity contribution is 7.98. The Hall–Kier alpha value is -2.13. The molecule has 2 unspecified atom stereocenters. The van der Waals surface area contributed by atoms with Crippen molar-refractivity contribution in [1.82, 2.24) is 24.8 Å². The Balaban J connectivity index is 1.60. The van der Waals surface area contributed by atoms with Gasteiger partial charge < -0.3 is 19.9 Å². The van der Waals surface area contributed by atoms with Crippen LogP contribution in [0.25, 0.3) is 0 Å². The predicted molar refractivity (Wildman–Crippen MR) is 124 cm³/mol. The van der Waals surface area contributed by atoms with Crippen molar-refractivity contribution >= 4 is 23.5 Å². The lowest BCUT2D eigenvalue weighted by Crippen LogP contribution is -2.44. The molecule has 2 atom stereocenters. The van der Waals surface area contributed by atoms with E-state index < -0.39 is 6.10 Å². The van der Waals surface area contributed by atoms with Gasteiger partial charge in [0.15, 0.2) is 0 Å². The third-order valence-corrected chi connectivity index (χ3v) is 6.22. The molecule has 1 amide bonds. The first-order valence-electron chi connectivity index (χ1n) is 11.1. The molecule has 9 heteroatoms. The molecule has 1 saturated heterocycles. The normalized spacial score (nSPS) is 17.5. The number of carbonyl (C=O) groups excluding carboxylic acids is 1. The number of hydrogen-bond acceptors (Lipinski definition) is 7. The molecule has 1 aliphatic rings. The van der Waals surface area contributed by atoms with Crippen LogP contribution in [0.2, 0.25) is 0 Å². The first-order chi connectivity index (χ1) is 15.0. The molecule has 31 heavy (non-hydrogen) atoms. The highest BCUT2D eigenvalue weighted by Gasteiger charge is 2.26. The molecule has 2 aromatic rings. The first-order valence-corrected chi connectivity index (χ1v) is 12.4. The smallest absolute Gasteiger partial charge is 0.222 e. The Bertz CT molecular complexity index is 816. The fourth-order valence-corrected chi connectivity index (χ4v) is 4.42. The maximum absolute atomic E-state index is 12.5. The fourth-order valence-electron chi connectivity index (χ4n) is 3.91. The SMILES string of the molecule is CSCCC(O)CNC(=O)CC1CCCCN1c1cc(C)nc(CCn2ccnc2)n1. The summed E-state index contributed by atoms with van der Waals surface area (Å²) in [5.41, 5.74) is 0.941. The molecule has 0 spiro atoms. The molecule has 1 fully saturated rings. The summed E-state index contributed by atoms with van der Waals surface area (Å²) >= 11 is 1.70. The summed E-state index contributed by atoms with van der Waals surface area (Å²) in [6, 6.07) is 2.14. The van der Waals surface area contributed by atoms with Crippen LogP contribution in [0.1, 0.15) is 43.6 Å². The third-order valence-electron chi connectivity index (χ3n) is 5.57. The van der Waals surface area contributed by atoms with Crippen LogP contribution in [-0.2, 0) is 17.8 Å². The van der Waals surface area contributed by atoms with Gasteiger partial charge in [-0.2, -0.15) is 11.8 Å². The van der Waals surface area contributed by atoms with Gasteiger partial charge in [0.1, 0.15) is 11.6 Å². The van der Waals surface area contributed by atoms with Crippen molar-refractivity contribution in [3.05, 3.63) is 36.3 Å². The van der Waals surface area contributed by atoms with Gasteiger partial charge in [-0.05, 0) is 44.6 Å². The Morgan fingerprint density at radius 2 is 2.26 bits per heavy atom. The van der Waals surface area contributed by atoms with Gasteiger partial charge in [-0.3, -0.25) is 4.79 Å². The Kier molecular flexibility index (Phi) is 9.14. The lowest BCUT2D eigenvalue weighted by molar-refractivity contribution is -0.122. The Morgan fingerprint density at radius 3 is 3.03 bits per heavy atom. The zero-order valence-corrected chi connectivity index (χ0v) is 19.4. The number of rotatable bonds is 11. The number of hydrogen-bond donors (Lipinski definition) is 2. The van der Waals surface area contributed by atoms with Gasteiger partial charge >= 0.3 is 0 Å². The molecule has 3 heterocycles. The van der Waals surface area contributed by atoms with Gasteiger partial charge in [-0.1, -0.05) is 0 Å². The molecule has 0 bridgehead atoms. The average Bonchev–Trinajstić information content (AvgIpc) is 3.28. The summed E-state index contributed by atoms with van der Waals surface area (Å²) < 4.78 is 2.02. The molecule has 1 aliphatic heterocycles. The Labute approximate surface area is 188 Å². The van der Waals surface area contributed by atoms with Gasteiger partial charge in [0.05, 0.1) is 12.4 Å². The number of aliphatic hydroxyl groups is 1. The summed E-state index contributed by atoms with van der Waals surface area (Å²) in [7, 11) is 0. The second-order valence-corrected chi connectivity index (χ2v) is 9.11. The van der Waals surface area contributed by atoms with Crippen LogP contribution in [0, 0.1) is 6.92 Å². The standard InChI is InChI=1S/C22H34N6O2S/c1-17-13-21(26-20(25-17)6-10-27-11-8-23-16-27)28-9-4-3-5-18(28)14-22(30)24-15-19(29)7-12-31-2/h8,11,13,16,18-19,29H,3-7,9-10,12,14-15H2,1-2H3,(H,24,30). The number of aryl methyl sites for hydroxylation is 3. The number of anilines is 1. The maximum atomic E-state index is 12.5. The van der Waals surface area contributed by atoms with Gasteiger partial charge in [0, 0.05) is 62.7 Å². The van der Waals surface area contributed by atoms with Gasteiger partial charge in [0.2, 0.25) is 5.91 Å². The molecule has 2 N–H and O–H groups in total. The number of nitrogens with one attached hydrogen (secondary N) is 1. The van der Waals surface area contributed by atoms with Crippen molar-refractivity contribution in [3.63, 3.8) is 0 Å². The van der Waals surface area contributed by atoms with Crippen LogP contribution in [0.15, 0.2) is 24.8 Å². The number of carbonyl (C=O) groups is 1. The van der Waals surface area contributed by atoms with Crippen LogP contribution in [0.3, 0.4) is 0 Å². The van der Waals surface area contributed by atoms with E-state index in [1.54, 1.807) is 24.3 Å². The molecule has 3 rings (SSSR count). The Morgan fingerprint density at radius 1 is 1.39 bits per heavy atom. The molecule has 0 aromatic carbocycles. The minimum Gasteiger partial charge on any atom is -0.391 e. The van der Waals surface area contributed by atoms with Crippen molar-refractivity contribution in [1.29, 1.82) is 0 Å². The van der Waals surface area contributed by atoms with E-state index in [-0.39, 0.29) is 11.9 Å². The summed E-state index contributed by atoms with van der Waals surface area (Å²) in [4.78, 5) is 28.3. The van der Waals surface area contributed by atoms with E-state index in [0.29, 0.717) is 19.4 Å². The number of piperidine rings is 1. The summed E-state index contributed by atoms with van der Waals surface area (Å²) in [6.07, 6.45) is 12.1. The van der Waals surface area contributed by atoms with E-state index in [2.05, 4.69) is 20.2 Å². The summed E-state index contributed by atoms with van der Waals surface area (Å²) in [5, 5.41) is 12.9. The number of imidazole rings is 1. The lowest BCUT2D eigenvalue weighted by atomic mass is 9.99. The van der Waals surface area contributed by atoms with Crippen LogP contribution < -0.4 is 10.2 Å². The van der Waals surface area contributed by atoms with Crippen LogP contribution in [0.5, 0.6) is 0 Å². The highest BCUT2D eigenvalue weighted by atomic mass is 32.2. The summed E-state index contributed by atoms with van der Waals surface area (Å²) in [6.45, 7) is 3.99. The van der Waals surface area contributed by atoms with Gasteiger partial charge in [-0.25, -0.2) is 15.0 Å². The van der Waals surface area contributed by atoms with E-state index in [0.717, 1.165) is 61.9 Å². The second-order valence-electron chi connectivity index (χ2n) is 8.12. The molecule has 0 radical (unpaired) electrons. The molecule has 0 aliphatic carbocycles. The van der Waals surface area contributed by atoms with Crippen LogP contribution in [0.4, 0.5) is 5.82 Å². The fraction of sp³-hybridized carbons (Fsp3) is 0.636. The van der Waals surface area contributed by atoms with Crippen molar-refractivity contribution in [3.8, 4) is 0 Å². The minimum absolute atomic E-state index is 0.00814. The summed E-state index contributed by atoms with van der Waals surface area (Å²) in [5.74, 6) is 2.61. The van der Waals surface area contributed by atoms with Gasteiger partial charge in [-0.15, -0.1) is 0 Å². The number of nitrogens with zero attached hydrogens (tertiary/aromatic N) is 5.